The van der Waals surface area contributed by atoms with Crippen LogP contribution in [0.2, 0.25) is 0 Å². The van der Waals surface area contributed by atoms with Crippen molar-refractivity contribution in [3.05, 3.63) is 29.7 Å². The van der Waals surface area contributed by atoms with E-state index in [1.165, 1.54) is 0 Å². The van der Waals surface area contributed by atoms with E-state index in [1.54, 1.807) is 0 Å². The fourth-order valence-electron chi connectivity index (χ4n) is 1.36. The lowest BCUT2D eigenvalue weighted by Gasteiger charge is -2.11. The first-order valence-electron chi connectivity index (χ1n) is 4.81. The molecule has 0 bridgehead atoms. The molecule has 0 aromatic carbocycles. The molecule has 3 heteroatoms. The molecule has 2 aromatic rings. The zero-order valence-electron chi connectivity index (χ0n) is 9.07. The van der Waals surface area contributed by atoms with Crippen molar-refractivity contribution in [2.45, 2.75) is 33.1 Å². The molecular weight excluding hydrogens is 174 g/mol. The van der Waals surface area contributed by atoms with Gasteiger partial charge in [-0.2, -0.15) is 5.10 Å². The van der Waals surface area contributed by atoms with Gasteiger partial charge in [-0.05, 0) is 18.6 Å². The van der Waals surface area contributed by atoms with Gasteiger partial charge in [-0.3, -0.25) is 0 Å². The molecule has 2 heterocycles. The summed E-state index contributed by atoms with van der Waals surface area (Å²) in [5.74, 6) is 0.895. The highest BCUT2D eigenvalue weighted by Crippen LogP contribution is 2.19. The number of aromatic nitrogens is 3. The normalized spacial score (nSPS) is 12.3. The predicted octanol–water partition coefficient (Wildman–Crippen LogP) is 2.34. The Balaban J connectivity index is 2.69. The van der Waals surface area contributed by atoms with Gasteiger partial charge >= 0.3 is 0 Å². The van der Waals surface area contributed by atoms with Crippen LogP contribution in [0.3, 0.4) is 0 Å². The Morgan fingerprint density at radius 2 is 2.00 bits per heavy atom. The predicted molar refractivity (Wildman–Crippen MR) is 56.4 cm³/mol. The first-order chi connectivity index (χ1) is 6.48. The fraction of sp³-hybridized carbons (Fsp3) is 0.455. The largest absolute Gasteiger partial charge is 0.221 e. The van der Waals surface area contributed by atoms with Crippen molar-refractivity contribution < 1.29 is 0 Å². The van der Waals surface area contributed by atoms with Gasteiger partial charge in [-0.1, -0.05) is 26.8 Å². The molecule has 0 aliphatic carbocycles. The van der Waals surface area contributed by atoms with Crippen LogP contribution in [0.15, 0.2) is 18.3 Å². The molecule has 0 spiro atoms. The third kappa shape index (κ3) is 1.39. The van der Waals surface area contributed by atoms with Gasteiger partial charge in [0.2, 0.25) is 0 Å². The molecule has 3 nitrogen and oxygen atoms in total. The maximum Gasteiger partial charge on any atom is 0.158 e. The molecule has 0 fully saturated rings. The Labute approximate surface area is 83.8 Å². The van der Waals surface area contributed by atoms with Crippen LogP contribution in [-0.4, -0.2) is 14.6 Å². The molecule has 2 aromatic heterocycles. The molecule has 0 amide bonds. The van der Waals surface area contributed by atoms with Crippen LogP contribution < -0.4 is 0 Å². The van der Waals surface area contributed by atoms with E-state index >= 15 is 0 Å². The van der Waals surface area contributed by atoms with Crippen molar-refractivity contribution in [2.24, 2.45) is 0 Å². The van der Waals surface area contributed by atoms with Crippen molar-refractivity contribution in [1.82, 2.24) is 14.6 Å². The monoisotopic (exact) mass is 189 g/mol. The van der Waals surface area contributed by atoms with Gasteiger partial charge in [0.15, 0.2) is 11.5 Å². The van der Waals surface area contributed by atoms with Crippen molar-refractivity contribution in [3.63, 3.8) is 0 Å². The molecule has 0 N–H and O–H groups in total. The Morgan fingerprint density at radius 1 is 1.29 bits per heavy atom. The maximum atomic E-state index is 4.54. The summed E-state index contributed by atoms with van der Waals surface area (Å²) < 4.78 is 1.84. The lowest BCUT2D eigenvalue weighted by molar-refractivity contribution is 0.545. The molecule has 0 aliphatic heterocycles. The summed E-state index contributed by atoms with van der Waals surface area (Å²) in [6.45, 7) is 8.42. The average molecular weight is 189 g/mol. The van der Waals surface area contributed by atoms with Crippen LogP contribution in [0.4, 0.5) is 0 Å². The molecule has 2 rings (SSSR count). The number of pyridine rings is 1. The Morgan fingerprint density at radius 3 is 2.57 bits per heavy atom. The molecule has 0 saturated carbocycles. The van der Waals surface area contributed by atoms with Gasteiger partial charge in [0, 0.05) is 11.6 Å². The summed E-state index contributed by atoms with van der Waals surface area (Å²) in [5, 5.41) is 4.45. The third-order valence-corrected chi connectivity index (χ3v) is 2.23. The van der Waals surface area contributed by atoms with Crippen LogP contribution in [0.5, 0.6) is 0 Å². The third-order valence-electron chi connectivity index (χ3n) is 2.23. The summed E-state index contributed by atoms with van der Waals surface area (Å²) in [4.78, 5) is 4.54. The van der Waals surface area contributed by atoms with Crippen LogP contribution in [0, 0.1) is 6.92 Å². The molecular formula is C11H15N3. The summed E-state index contributed by atoms with van der Waals surface area (Å²) >= 11 is 0. The van der Waals surface area contributed by atoms with Gasteiger partial charge in [0.25, 0.3) is 0 Å². The van der Waals surface area contributed by atoms with E-state index in [0.29, 0.717) is 0 Å². The standard InChI is InChI=1S/C11H15N3/c1-8-6-5-7-14-9(8)12-10(13-14)11(2,3)4/h5-7H,1-4H3. The lowest BCUT2D eigenvalue weighted by Crippen LogP contribution is -2.13. The second-order valence-corrected chi connectivity index (χ2v) is 4.64. The smallest absolute Gasteiger partial charge is 0.158 e. The van der Waals surface area contributed by atoms with E-state index in [4.69, 9.17) is 0 Å². The number of hydrogen-bond donors (Lipinski definition) is 0. The fourth-order valence-corrected chi connectivity index (χ4v) is 1.36. The Bertz CT molecular complexity index is 463. The number of hydrogen-bond acceptors (Lipinski definition) is 2. The molecule has 0 saturated heterocycles. The van der Waals surface area contributed by atoms with E-state index in [2.05, 4.69) is 43.8 Å². The van der Waals surface area contributed by atoms with Crippen molar-refractivity contribution in [2.75, 3.05) is 0 Å². The van der Waals surface area contributed by atoms with Crippen molar-refractivity contribution in [3.8, 4) is 0 Å². The molecule has 74 valence electrons. The molecule has 0 atom stereocenters. The summed E-state index contributed by atoms with van der Waals surface area (Å²) in [5.41, 5.74) is 2.13. The lowest BCUT2D eigenvalue weighted by atomic mass is 9.96. The zero-order valence-corrected chi connectivity index (χ0v) is 9.07. The Hall–Kier alpha value is -1.38. The zero-order chi connectivity index (χ0) is 10.3. The SMILES string of the molecule is Cc1cccn2nc(C(C)(C)C)nc12. The number of aryl methyl sites for hydroxylation is 1. The maximum absolute atomic E-state index is 4.54. The quantitative estimate of drug-likeness (QED) is 0.636. The van der Waals surface area contributed by atoms with Crippen LogP contribution in [0.25, 0.3) is 5.65 Å². The molecule has 0 aliphatic rings. The van der Waals surface area contributed by atoms with E-state index in [0.717, 1.165) is 17.0 Å². The number of fused-ring (bicyclic) bond motifs is 1. The topological polar surface area (TPSA) is 30.2 Å². The first kappa shape index (κ1) is 9.19. The van der Waals surface area contributed by atoms with E-state index in [9.17, 15) is 0 Å². The van der Waals surface area contributed by atoms with Gasteiger partial charge in [0.1, 0.15) is 0 Å². The Kier molecular flexibility index (Phi) is 1.84. The van der Waals surface area contributed by atoms with Crippen LogP contribution in [-0.2, 0) is 5.41 Å². The first-order valence-corrected chi connectivity index (χ1v) is 4.81. The minimum Gasteiger partial charge on any atom is -0.221 e. The molecule has 0 unspecified atom stereocenters. The summed E-state index contributed by atoms with van der Waals surface area (Å²) in [7, 11) is 0. The van der Waals surface area contributed by atoms with Crippen molar-refractivity contribution >= 4 is 5.65 Å². The van der Waals surface area contributed by atoms with Gasteiger partial charge in [-0.15, -0.1) is 0 Å². The minimum absolute atomic E-state index is 0.0124. The summed E-state index contributed by atoms with van der Waals surface area (Å²) in [6.07, 6.45) is 1.94. The van der Waals surface area contributed by atoms with Gasteiger partial charge in [-0.25, -0.2) is 9.50 Å². The second-order valence-electron chi connectivity index (χ2n) is 4.64. The average Bonchev–Trinajstić information content (AvgIpc) is 2.48. The molecule has 14 heavy (non-hydrogen) atoms. The number of nitrogens with zero attached hydrogens (tertiary/aromatic N) is 3. The highest BCUT2D eigenvalue weighted by atomic mass is 15.3. The van der Waals surface area contributed by atoms with Gasteiger partial charge in [0.05, 0.1) is 0 Å². The van der Waals surface area contributed by atoms with Crippen LogP contribution >= 0.6 is 0 Å². The minimum atomic E-state index is 0.0124. The van der Waals surface area contributed by atoms with Gasteiger partial charge < -0.3 is 0 Å². The highest BCUT2D eigenvalue weighted by Gasteiger charge is 2.19. The number of rotatable bonds is 0. The van der Waals surface area contributed by atoms with E-state index < -0.39 is 0 Å². The highest BCUT2D eigenvalue weighted by molar-refractivity contribution is 5.46. The van der Waals surface area contributed by atoms with Crippen LogP contribution in [0.1, 0.15) is 32.2 Å². The second kappa shape index (κ2) is 2.80. The van der Waals surface area contributed by atoms with E-state index in [1.807, 2.05) is 16.8 Å². The summed E-state index contributed by atoms with van der Waals surface area (Å²) in [6, 6.07) is 4.04. The van der Waals surface area contributed by atoms with E-state index in [-0.39, 0.29) is 5.41 Å². The molecule has 0 radical (unpaired) electrons. The van der Waals surface area contributed by atoms with Crippen molar-refractivity contribution in [1.29, 1.82) is 0 Å².